The zero-order chi connectivity index (χ0) is 15.5. The van der Waals surface area contributed by atoms with Gasteiger partial charge in [-0.3, -0.25) is 5.10 Å². The minimum Gasteiger partial charge on any atom is -0.321 e. The summed E-state index contributed by atoms with van der Waals surface area (Å²) < 4.78 is 28.9. The topological polar surface area (TPSA) is 118 Å². The van der Waals surface area contributed by atoms with E-state index in [9.17, 15) is 8.42 Å². The van der Waals surface area contributed by atoms with Crippen molar-refractivity contribution in [2.24, 2.45) is 7.05 Å². The van der Waals surface area contributed by atoms with Gasteiger partial charge in [0.1, 0.15) is 12.2 Å². The second kappa shape index (κ2) is 6.33. The molecule has 0 bridgehead atoms. The van der Waals surface area contributed by atoms with Crippen LogP contribution < -0.4 is 10.0 Å². The first-order valence-electron chi connectivity index (χ1n) is 6.46. The van der Waals surface area contributed by atoms with Gasteiger partial charge in [0.2, 0.25) is 0 Å². The first-order chi connectivity index (χ1) is 9.95. The van der Waals surface area contributed by atoms with Crippen LogP contribution in [0.15, 0.2) is 11.4 Å². The van der Waals surface area contributed by atoms with Crippen molar-refractivity contribution in [3.8, 4) is 0 Å². The summed E-state index contributed by atoms with van der Waals surface area (Å²) in [4.78, 5) is 0. The number of nitrogens with one attached hydrogen (secondary N) is 3. The summed E-state index contributed by atoms with van der Waals surface area (Å²) in [5.74, 6) is 0.714. The number of aryl methyl sites for hydroxylation is 2. The number of hydrogen-bond donors (Lipinski definition) is 3. The fraction of sp³-hybridized carbons (Fsp3) is 0.545. The smallest absolute Gasteiger partial charge is 0.260 e. The van der Waals surface area contributed by atoms with Crippen LogP contribution in [-0.4, -0.2) is 47.0 Å². The summed E-state index contributed by atoms with van der Waals surface area (Å²) in [5, 5.41) is 17.2. The predicted molar refractivity (Wildman–Crippen MR) is 76.0 cm³/mol. The van der Waals surface area contributed by atoms with Crippen molar-refractivity contribution in [1.29, 1.82) is 0 Å². The van der Waals surface area contributed by atoms with Crippen LogP contribution in [0.1, 0.15) is 17.1 Å². The molecule has 0 unspecified atom stereocenters. The van der Waals surface area contributed by atoms with Gasteiger partial charge in [-0.05, 0) is 14.0 Å². The summed E-state index contributed by atoms with van der Waals surface area (Å²) in [6, 6.07) is 0. The van der Waals surface area contributed by atoms with E-state index < -0.39 is 10.0 Å². The molecule has 0 saturated heterocycles. The van der Waals surface area contributed by atoms with Gasteiger partial charge in [-0.15, -0.1) is 10.2 Å². The molecule has 0 amide bonds. The normalized spacial score (nSPS) is 12.0. The van der Waals surface area contributed by atoms with E-state index in [0.717, 1.165) is 5.69 Å². The second-order valence-corrected chi connectivity index (χ2v) is 6.35. The molecule has 0 spiro atoms. The molecule has 2 heterocycles. The van der Waals surface area contributed by atoms with Gasteiger partial charge in [-0.25, -0.2) is 13.1 Å². The average Bonchev–Trinajstić information content (AvgIpc) is 2.98. The highest BCUT2D eigenvalue weighted by atomic mass is 32.2. The molecule has 2 rings (SSSR count). The van der Waals surface area contributed by atoms with Gasteiger partial charge < -0.3 is 9.88 Å². The van der Waals surface area contributed by atoms with E-state index in [-0.39, 0.29) is 11.6 Å². The van der Waals surface area contributed by atoms with E-state index in [0.29, 0.717) is 24.4 Å². The van der Waals surface area contributed by atoms with Gasteiger partial charge in [-0.2, -0.15) is 5.10 Å². The highest BCUT2D eigenvalue weighted by Crippen LogP contribution is 2.15. The molecule has 0 aromatic carbocycles. The first kappa shape index (κ1) is 15.6. The Kier molecular flexibility index (Phi) is 4.70. The van der Waals surface area contributed by atoms with Gasteiger partial charge >= 0.3 is 0 Å². The lowest BCUT2D eigenvalue weighted by atomic mass is 10.3. The lowest BCUT2D eigenvalue weighted by molar-refractivity contribution is 0.573. The summed E-state index contributed by atoms with van der Waals surface area (Å²) in [5.41, 5.74) is 1.38. The molecule has 9 nitrogen and oxygen atoms in total. The van der Waals surface area contributed by atoms with E-state index in [1.807, 2.05) is 7.05 Å². The van der Waals surface area contributed by atoms with Crippen LogP contribution in [0.2, 0.25) is 0 Å². The molecule has 3 N–H and O–H groups in total. The predicted octanol–water partition coefficient (Wildman–Crippen LogP) is -0.913. The number of nitrogens with zero attached hydrogens (tertiary/aromatic N) is 4. The van der Waals surface area contributed by atoms with Crippen molar-refractivity contribution < 1.29 is 8.42 Å². The minimum absolute atomic E-state index is 0.0346. The van der Waals surface area contributed by atoms with Crippen LogP contribution in [0.4, 0.5) is 0 Å². The van der Waals surface area contributed by atoms with Crippen molar-refractivity contribution in [1.82, 2.24) is 35.0 Å². The number of sulfonamides is 1. The summed E-state index contributed by atoms with van der Waals surface area (Å²) in [6.07, 6.45) is 2.03. The Morgan fingerprint density at radius 3 is 2.81 bits per heavy atom. The van der Waals surface area contributed by atoms with Crippen molar-refractivity contribution in [2.75, 3.05) is 13.6 Å². The van der Waals surface area contributed by atoms with E-state index in [1.165, 1.54) is 0 Å². The molecular formula is C11H19N7O2S. The molecule has 0 aliphatic rings. The fourth-order valence-corrected chi connectivity index (χ4v) is 3.16. The molecule has 2 aromatic heterocycles. The number of H-pyrrole nitrogens is 1. The van der Waals surface area contributed by atoms with E-state index in [4.69, 9.17) is 0 Å². The Hall–Kier alpha value is -1.78. The molecule has 0 atom stereocenters. The summed E-state index contributed by atoms with van der Waals surface area (Å²) >= 11 is 0. The highest BCUT2D eigenvalue weighted by molar-refractivity contribution is 7.89. The monoisotopic (exact) mass is 313 g/mol. The van der Waals surface area contributed by atoms with Crippen LogP contribution in [0.25, 0.3) is 0 Å². The number of hydrogen-bond acceptors (Lipinski definition) is 6. The maximum Gasteiger partial charge on any atom is 0.260 e. The molecule has 10 heteroatoms. The number of aromatic amines is 1. The quantitative estimate of drug-likeness (QED) is 0.609. The van der Waals surface area contributed by atoms with Crippen LogP contribution >= 0.6 is 0 Å². The molecule has 0 aliphatic carbocycles. The highest BCUT2D eigenvalue weighted by Gasteiger charge is 2.23. The van der Waals surface area contributed by atoms with Crippen molar-refractivity contribution in [3.63, 3.8) is 0 Å². The summed E-state index contributed by atoms with van der Waals surface area (Å²) in [6.45, 7) is 2.46. The van der Waals surface area contributed by atoms with Crippen molar-refractivity contribution in [3.05, 3.63) is 23.4 Å². The number of rotatable bonds is 7. The third-order valence-corrected chi connectivity index (χ3v) is 4.52. The Bertz CT molecular complexity index is 704. The van der Waals surface area contributed by atoms with E-state index in [2.05, 4.69) is 30.4 Å². The Morgan fingerprint density at radius 1 is 1.43 bits per heavy atom. The molecule has 0 saturated carbocycles. The second-order valence-electron chi connectivity index (χ2n) is 4.67. The Morgan fingerprint density at radius 2 is 2.19 bits per heavy atom. The zero-order valence-electron chi connectivity index (χ0n) is 12.2. The maximum atomic E-state index is 12.3. The molecule has 0 aliphatic heterocycles. The van der Waals surface area contributed by atoms with E-state index in [1.54, 1.807) is 24.9 Å². The third kappa shape index (κ3) is 3.46. The van der Waals surface area contributed by atoms with Crippen LogP contribution in [0.5, 0.6) is 0 Å². The molecular weight excluding hydrogens is 294 g/mol. The van der Waals surface area contributed by atoms with Gasteiger partial charge in [0.15, 0.2) is 5.03 Å². The fourth-order valence-electron chi connectivity index (χ4n) is 1.94. The zero-order valence-corrected chi connectivity index (χ0v) is 13.0. The Labute approximate surface area is 123 Å². The molecule has 116 valence electrons. The van der Waals surface area contributed by atoms with Gasteiger partial charge in [0.05, 0.1) is 0 Å². The van der Waals surface area contributed by atoms with E-state index >= 15 is 0 Å². The largest absolute Gasteiger partial charge is 0.321 e. The van der Waals surface area contributed by atoms with Gasteiger partial charge in [-0.1, -0.05) is 0 Å². The van der Waals surface area contributed by atoms with Crippen LogP contribution in [-0.2, 0) is 30.0 Å². The van der Waals surface area contributed by atoms with Gasteiger partial charge in [0.25, 0.3) is 10.0 Å². The Balaban J connectivity index is 2.07. The molecule has 0 radical (unpaired) electrons. The average molecular weight is 313 g/mol. The molecule has 0 fully saturated rings. The SMILES string of the molecule is CNCc1c(S(=O)(=O)NCCc2nncn2C)n[nH]c1C. The lowest BCUT2D eigenvalue weighted by Gasteiger charge is -2.06. The third-order valence-electron chi connectivity index (χ3n) is 3.09. The lowest BCUT2D eigenvalue weighted by Crippen LogP contribution is -2.28. The number of aromatic nitrogens is 5. The van der Waals surface area contributed by atoms with Crippen molar-refractivity contribution in [2.45, 2.75) is 24.9 Å². The van der Waals surface area contributed by atoms with Crippen molar-refractivity contribution >= 4 is 10.0 Å². The molecule has 21 heavy (non-hydrogen) atoms. The minimum atomic E-state index is -3.65. The van der Waals surface area contributed by atoms with Crippen LogP contribution in [0.3, 0.4) is 0 Å². The first-order valence-corrected chi connectivity index (χ1v) is 7.95. The van der Waals surface area contributed by atoms with Gasteiger partial charge in [0, 0.05) is 37.8 Å². The summed E-state index contributed by atoms with van der Waals surface area (Å²) in [7, 11) is -0.0824. The standard InChI is InChI=1S/C11H19N7O2S/c1-8-9(6-12-2)11(17-15-8)21(19,20)14-5-4-10-16-13-7-18(10)3/h7,12,14H,4-6H2,1-3H3,(H,15,17). The molecule has 2 aromatic rings. The van der Waals surface area contributed by atoms with Crippen LogP contribution in [0, 0.1) is 6.92 Å². The maximum absolute atomic E-state index is 12.3.